The second-order valence-electron chi connectivity index (χ2n) is 6.53. The summed E-state index contributed by atoms with van der Waals surface area (Å²) in [5.41, 5.74) is 1.02. The van der Waals surface area contributed by atoms with Gasteiger partial charge >= 0.3 is 0 Å². The number of carbonyl (C=O) groups excluding carboxylic acids is 1. The van der Waals surface area contributed by atoms with Gasteiger partial charge in [-0.15, -0.1) is 0 Å². The summed E-state index contributed by atoms with van der Waals surface area (Å²) in [6.45, 7) is 1.85. The Morgan fingerprint density at radius 1 is 1.11 bits per heavy atom. The van der Waals surface area contributed by atoms with Gasteiger partial charge in [-0.1, -0.05) is 24.3 Å². The number of methoxy groups -OCH3 is 1. The van der Waals surface area contributed by atoms with Crippen LogP contribution in [0.2, 0.25) is 0 Å². The molecule has 0 spiro atoms. The van der Waals surface area contributed by atoms with E-state index in [1.165, 1.54) is 9.47 Å². The minimum atomic E-state index is -1.30. The van der Waals surface area contributed by atoms with Crippen LogP contribution in [0.4, 0.5) is 0 Å². The number of aliphatic hydroxyl groups excluding tert-OH is 1. The van der Waals surface area contributed by atoms with E-state index in [0.29, 0.717) is 16.7 Å². The Balaban J connectivity index is 1.77. The van der Waals surface area contributed by atoms with Crippen LogP contribution in [-0.2, 0) is 11.3 Å². The zero-order valence-electron chi connectivity index (χ0n) is 15.0. The number of ether oxygens (including phenoxy) is 1. The van der Waals surface area contributed by atoms with E-state index in [1.54, 1.807) is 50.4 Å². The predicted octanol–water partition coefficient (Wildman–Crippen LogP) is 2.00. The van der Waals surface area contributed by atoms with Crippen molar-refractivity contribution >= 4 is 16.8 Å². The lowest BCUT2D eigenvalue weighted by Crippen LogP contribution is -2.48. The van der Waals surface area contributed by atoms with E-state index in [9.17, 15) is 14.7 Å². The molecule has 2 aromatic carbocycles. The van der Waals surface area contributed by atoms with Gasteiger partial charge < -0.3 is 14.7 Å². The molecule has 4 rings (SSSR count). The van der Waals surface area contributed by atoms with Crippen LogP contribution in [0.15, 0.2) is 53.3 Å². The van der Waals surface area contributed by atoms with E-state index in [0.717, 1.165) is 5.56 Å². The quantitative estimate of drug-likeness (QED) is 0.767. The van der Waals surface area contributed by atoms with Crippen LogP contribution in [0.1, 0.15) is 30.6 Å². The summed E-state index contributed by atoms with van der Waals surface area (Å²) in [7, 11) is 1.58. The monoisotopic (exact) mass is 365 g/mol. The molecule has 1 N–H and O–H groups in total. The Hall–Kier alpha value is -3.19. The van der Waals surface area contributed by atoms with Crippen molar-refractivity contribution < 1.29 is 14.6 Å². The first-order valence-electron chi connectivity index (χ1n) is 8.64. The highest BCUT2D eigenvalue weighted by molar-refractivity contribution is 5.83. The predicted molar refractivity (Wildman–Crippen MR) is 99.2 cm³/mol. The minimum absolute atomic E-state index is 0.180. The van der Waals surface area contributed by atoms with Gasteiger partial charge in [-0.05, 0) is 36.8 Å². The molecule has 2 atom stereocenters. The third kappa shape index (κ3) is 2.76. The van der Waals surface area contributed by atoms with Crippen molar-refractivity contribution in [1.82, 2.24) is 14.5 Å². The largest absolute Gasteiger partial charge is 0.497 e. The van der Waals surface area contributed by atoms with Gasteiger partial charge in [0.25, 0.3) is 5.56 Å². The highest BCUT2D eigenvalue weighted by atomic mass is 16.5. The van der Waals surface area contributed by atoms with Crippen molar-refractivity contribution in [2.75, 3.05) is 7.11 Å². The Bertz CT molecular complexity index is 1070. The lowest BCUT2D eigenvalue weighted by Gasteiger charge is -2.37. The van der Waals surface area contributed by atoms with Crippen molar-refractivity contribution in [3.63, 3.8) is 0 Å². The standard InChI is InChI=1S/C20H19N3O4/c1-12-18(24)22(11-13-7-9-14(27-2)10-8-13)20(26)17-21-16-6-4-3-5-15(16)19(25)23(12)17/h3-10,12,20,26H,11H2,1-2H3/t12-,20-/m1/s1. The summed E-state index contributed by atoms with van der Waals surface area (Å²) in [4.78, 5) is 31.5. The molecule has 0 radical (unpaired) electrons. The normalized spacial score (nSPS) is 19.2. The van der Waals surface area contributed by atoms with E-state index in [-0.39, 0.29) is 23.8 Å². The van der Waals surface area contributed by atoms with E-state index in [4.69, 9.17) is 4.74 Å². The highest BCUT2D eigenvalue weighted by Gasteiger charge is 2.38. The molecule has 1 aromatic heterocycles. The number of benzene rings is 2. The van der Waals surface area contributed by atoms with Gasteiger partial charge in [-0.2, -0.15) is 0 Å². The zero-order valence-corrected chi connectivity index (χ0v) is 15.0. The molecular formula is C20H19N3O4. The topological polar surface area (TPSA) is 84.7 Å². The number of aliphatic hydroxyl groups is 1. The van der Waals surface area contributed by atoms with Gasteiger partial charge in [0.05, 0.1) is 18.0 Å². The fraction of sp³-hybridized carbons (Fsp3) is 0.250. The molecule has 0 aliphatic carbocycles. The number of hydrogen-bond acceptors (Lipinski definition) is 5. The number of para-hydroxylation sites is 1. The molecule has 0 unspecified atom stereocenters. The van der Waals surface area contributed by atoms with Gasteiger partial charge in [-0.3, -0.25) is 14.2 Å². The average Bonchev–Trinajstić information content (AvgIpc) is 2.70. The first kappa shape index (κ1) is 17.2. The maximum atomic E-state index is 12.9. The highest BCUT2D eigenvalue weighted by Crippen LogP contribution is 2.30. The number of rotatable bonds is 3. The maximum absolute atomic E-state index is 12.9. The van der Waals surface area contributed by atoms with Gasteiger partial charge in [0, 0.05) is 6.54 Å². The van der Waals surface area contributed by atoms with E-state index in [2.05, 4.69) is 4.98 Å². The number of fused-ring (bicyclic) bond motifs is 2. The molecule has 0 saturated heterocycles. The third-order valence-corrected chi connectivity index (χ3v) is 4.90. The molecule has 1 amide bonds. The number of aromatic nitrogens is 2. The third-order valence-electron chi connectivity index (χ3n) is 4.90. The summed E-state index contributed by atoms with van der Waals surface area (Å²) in [6, 6.07) is 13.4. The smallest absolute Gasteiger partial charge is 0.262 e. The molecule has 3 aromatic rings. The molecule has 7 nitrogen and oxygen atoms in total. The van der Waals surface area contributed by atoms with E-state index < -0.39 is 12.3 Å². The SMILES string of the molecule is COc1ccc(CN2C(=O)[C@@H](C)n3c(nc4ccccc4c3=O)[C@H]2O)cc1. The average molecular weight is 365 g/mol. The Kier molecular flexibility index (Phi) is 4.16. The van der Waals surface area contributed by atoms with Crippen molar-refractivity contribution in [2.45, 2.75) is 25.7 Å². The molecular weight excluding hydrogens is 346 g/mol. The van der Waals surface area contributed by atoms with Gasteiger partial charge in [0.2, 0.25) is 5.91 Å². The first-order chi connectivity index (χ1) is 13.0. The van der Waals surface area contributed by atoms with Crippen LogP contribution >= 0.6 is 0 Å². The molecule has 0 bridgehead atoms. The van der Waals surface area contributed by atoms with E-state index >= 15 is 0 Å². The Morgan fingerprint density at radius 2 is 1.81 bits per heavy atom. The van der Waals surface area contributed by atoms with Crippen LogP contribution < -0.4 is 10.3 Å². The van der Waals surface area contributed by atoms with Crippen molar-refractivity contribution in [3.05, 3.63) is 70.3 Å². The second-order valence-corrected chi connectivity index (χ2v) is 6.53. The van der Waals surface area contributed by atoms with Crippen molar-refractivity contribution in [1.29, 1.82) is 0 Å². The lowest BCUT2D eigenvalue weighted by molar-refractivity contribution is -0.151. The fourth-order valence-corrected chi connectivity index (χ4v) is 3.42. The molecule has 0 fully saturated rings. The van der Waals surface area contributed by atoms with Crippen LogP contribution in [0.25, 0.3) is 10.9 Å². The molecule has 2 heterocycles. The Labute approximate surface area is 155 Å². The second kappa shape index (κ2) is 6.51. The summed E-state index contributed by atoms with van der Waals surface area (Å²) in [5, 5.41) is 11.2. The molecule has 7 heteroatoms. The van der Waals surface area contributed by atoms with Gasteiger partial charge in [0.1, 0.15) is 11.8 Å². The van der Waals surface area contributed by atoms with Crippen LogP contribution in [-0.4, -0.2) is 32.6 Å². The number of nitrogens with zero attached hydrogens (tertiary/aromatic N) is 3. The van der Waals surface area contributed by atoms with Crippen LogP contribution in [0.5, 0.6) is 5.75 Å². The molecule has 0 saturated carbocycles. The summed E-state index contributed by atoms with van der Waals surface area (Å²) in [6.07, 6.45) is -1.30. The number of amides is 1. The molecule has 138 valence electrons. The lowest BCUT2D eigenvalue weighted by atomic mass is 10.1. The molecule has 27 heavy (non-hydrogen) atoms. The number of carbonyl (C=O) groups is 1. The minimum Gasteiger partial charge on any atom is -0.497 e. The van der Waals surface area contributed by atoms with Gasteiger partial charge in [0.15, 0.2) is 12.1 Å². The summed E-state index contributed by atoms with van der Waals surface area (Å²) in [5.74, 6) is 0.562. The van der Waals surface area contributed by atoms with Crippen LogP contribution in [0.3, 0.4) is 0 Å². The zero-order chi connectivity index (χ0) is 19.1. The van der Waals surface area contributed by atoms with Crippen molar-refractivity contribution in [2.24, 2.45) is 0 Å². The first-order valence-corrected chi connectivity index (χ1v) is 8.64. The van der Waals surface area contributed by atoms with Gasteiger partial charge in [-0.25, -0.2) is 4.98 Å². The summed E-state index contributed by atoms with van der Waals surface area (Å²) < 4.78 is 6.43. The molecule has 1 aliphatic rings. The summed E-state index contributed by atoms with van der Waals surface area (Å²) >= 11 is 0. The fourth-order valence-electron chi connectivity index (χ4n) is 3.42. The maximum Gasteiger partial charge on any atom is 0.262 e. The van der Waals surface area contributed by atoms with E-state index in [1.807, 2.05) is 12.1 Å². The molecule has 1 aliphatic heterocycles. The Morgan fingerprint density at radius 3 is 2.52 bits per heavy atom. The van der Waals surface area contributed by atoms with Crippen molar-refractivity contribution in [3.8, 4) is 5.75 Å². The van der Waals surface area contributed by atoms with Crippen LogP contribution in [0, 0.1) is 0 Å². The number of hydrogen-bond donors (Lipinski definition) is 1.